The van der Waals surface area contributed by atoms with Gasteiger partial charge in [-0.2, -0.15) is 5.10 Å². The topological polar surface area (TPSA) is 83.8 Å². The van der Waals surface area contributed by atoms with E-state index in [2.05, 4.69) is 15.5 Å². The third kappa shape index (κ3) is 4.20. The number of nitrogens with zero attached hydrogens (tertiary/aromatic N) is 1. The van der Waals surface area contributed by atoms with Crippen molar-refractivity contribution in [3.05, 3.63) is 41.0 Å². The minimum atomic E-state index is -0.466. The van der Waals surface area contributed by atoms with Gasteiger partial charge in [-0.15, -0.1) is 12.4 Å². The van der Waals surface area contributed by atoms with E-state index in [1.54, 1.807) is 12.1 Å². The number of nitrogens with one attached hydrogen (secondary N) is 2. The van der Waals surface area contributed by atoms with Crippen molar-refractivity contribution in [1.29, 1.82) is 0 Å². The summed E-state index contributed by atoms with van der Waals surface area (Å²) >= 11 is 6.11. The van der Waals surface area contributed by atoms with Crippen LogP contribution < -0.4 is 11.1 Å². The normalized spacial score (nSPS) is 10.9. The van der Waals surface area contributed by atoms with E-state index >= 15 is 0 Å². The van der Waals surface area contributed by atoms with Gasteiger partial charge in [0.1, 0.15) is 5.69 Å². The van der Waals surface area contributed by atoms with Crippen LogP contribution in [0.3, 0.4) is 0 Å². The van der Waals surface area contributed by atoms with E-state index in [0.717, 1.165) is 5.56 Å². The number of hydrogen-bond donors (Lipinski definition) is 3. The largest absolute Gasteiger partial charge is 0.345 e. The van der Waals surface area contributed by atoms with Gasteiger partial charge in [-0.1, -0.05) is 29.8 Å². The van der Waals surface area contributed by atoms with Crippen LogP contribution in [0, 0.1) is 0 Å². The first-order valence-electron chi connectivity index (χ1n) is 6.26. The molecule has 21 heavy (non-hydrogen) atoms. The molecule has 0 saturated carbocycles. The summed E-state index contributed by atoms with van der Waals surface area (Å²) < 4.78 is 0. The Balaban J connectivity index is 0.00000220. The molecular formula is C14H18Cl2N4O. The van der Waals surface area contributed by atoms with Gasteiger partial charge in [0.15, 0.2) is 0 Å². The Morgan fingerprint density at radius 1 is 1.43 bits per heavy atom. The average molecular weight is 329 g/mol. The van der Waals surface area contributed by atoms with Crippen LogP contribution in [-0.2, 0) is 0 Å². The quantitative estimate of drug-likeness (QED) is 0.806. The van der Waals surface area contributed by atoms with Crippen LogP contribution in [0.5, 0.6) is 0 Å². The Bertz CT molecular complexity index is 625. The van der Waals surface area contributed by atoms with Gasteiger partial charge in [0, 0.05) is 17.6 Å². The third-order valence-electron chi connectivity index (χ3n) is 2.93. The Labute approximate surface area is 134 Å². The summed E-state index contributed by atoms with van der Waals surface area (Å²) in [7, 11) is 0. The summed E-state index contributed by atoms with van der Waals surface area (Å²) in [5.41, 5.74) is 6.91. The molecule has 0 aliphatic heterocycles. The van der Waals surface area contributed by atoms with E-state index in [-0.39, 0.29) is 18.3 Å². The van der Waals surface area contributed by atoms with E-state index in [9.17, 15) is 4.79 Å². The number of rotatable bonds is 4. The van der Waals surface area contributed by atoms with E-state index in [1.807, 2.05) is 32.0 Å². The molecule has 1 heterocycles. The smallest absolute Gasteiger partial charge is 0.269 e. The number of carbonyl (C=O) groups is 1. The molecule has 2 rings (SSSR count). The van der Waals surface area contributed by atoms with Gasteiger partial charge < -0.3 is 11.1 Å². The second-order valence-corrected chi connectivity index (χ2v) is 5.60. The molecule has 0 spiro atoms. The molecule has 5 nitrogen and oxygen atoms in total. The molecule has 1 amide bonds. The highest BCUT2D eigenvalue weighted by atomic mass is 35.5. The molecule has 0 bridgehead atoms. The fourth-order valence-electron chi connectivity index (χ4n) is 1.67. The van der Waals surface area contributed by atoms with Crippen LogP contribution in [0.4, 0.5) is 0 Å². The maximum atomic E-state index is 12.1. The summed E-state index contributed by atoms with van der Waals surface area (Å²) in [6, 6.07) is 9.01. The molecule has 0 radical (unpaired) electrons. The summed E-state index contributed by atoms with van der Waals surface area (Å²) in [5.74, 6) is -0.244. The van der Waals surface area contributed by atoms with Gasteiger partial charge in [-0.3, -0.25) is 9.89 Å². The first-order valence-corrected chi connectivity index (χ1v) is 6.63. The van der Waals surface area contributed by atoms with Crippen LogP contribution in [0.15, 0.2) is 30.3 Å². The molecule has 0 atom stereocenters. The number of hydrogen-bond acceptors (Lipinski definition) is 3. The van der Waals surface area contributed by atoms with E-state index in [4.69, 9.17) is 17.3 Å². The zero-order chi connectivity index (χ0) is 14.8. The SMILES string of the molecule is CC(C)(CN)NC(=O)c1cc(-c2ccccc2Cl)n[nH]1.Cl. The van der Waals surface area contributed by atoms with Gasteiger partial charge in [0.25, 0.3) is 5.91 Å². The molecule has 0 fully saturated rings. The second kappa shape index (κ2) is 6.93. The van der Waals surface area contributed by atoms with Crippen molar-refractivity contribution in [2.24, 2.45) is 5.73 Å². The van der Waals surface area contributed by atoms with Crippen molar-refractivity contribution in [3.63, 3.8) is 0 Å². The summed E-state index contributed by atoms with van der Waals surface area (Å²) in [5, 5.41) is 10.3. The third-order valence-corrected chi connectivity index (χ3v) is 3.26. The van der Waals surface area contributed by atoms with E-state index in [1.165, 1.54) is 0 Å². The number of nitrogens with two attached hydrogens (primary N) is 1. The summed E-state index contributed by atoms with van der Waals surface area (Å²) in [4.78, 5) is 12.1. The van der Waals surface area contributed by atoms with Crippen molar-refractivity contribution < 1.29 is 4.79 Å². The minimum absolute atomic E-state index is 0. The second-order valence-electron chi connectivity index (χ2n) is 5.19. The van der Waals surface area contributed by atoms with Crippen molar-refractivity contribution in [2.75, 3.05) is 6.54 Å². The monoisotopic (exact) mass is 328 g/mol. The highest BCUT2D eigenvalue weighted by Gasteiger charge is 2.21. The van der Waals surface area contributed by atoms with Crippen LogP contribution in [0.2, 0.25) is 5.02 Å². The lowest BCUT2D eigenvalue weighted by Gasteiger charge is -2.23. The molecular weight excluding hydrogens is 311 g/mol. The Hall–Kier alpha value is -1.56. The number of H-pyrrole nitrogens is 1. The standard InChI is InChI=1S/C14H17ClN4O.ClH/c1-14(2,8-16)17-13(20)12-7-11(18-19-12)9-5-3-4-6-10(9)15;/h3-7H,8,16H2,1-2H3,(H,17,20)(H,18,19);1H. The number of aromatic nitrogens is 2. The molecule has 1 aromatic carbocycles. The van der Waals surface area contributed by atoms with E-state index < -0.39 is 5.54 Å². The highest BCUT2D eigenvalue weighted by molar-refractivity contribution is 6.33. The predicted octanol–water partition coefficient (Wildman–Crippen LogP) is 2.62. The fourth-order valence-corrected chi connectivity index (χ4v) is 1.90. The summed E-state index contributed by atoms with van der Waals surface area (Å²) in [6.45, 7) is 4.07. The first-order chi connectivity index (χ1) is 9.43. The predicted molar refractivity (Wildman–Crippen MR) is 86.9 cm³/mol. The van der Waals surface area contributed by atoms with Crippen molar-refractivity contribution in [2.45, 2.75) is 19.4 Å². The van der Waals surface area contributed by atoms with Gasteiger partial charge >= 0.3 is 0 Å². The average Bonchev–Trinajstić information content (AvgIpc) is 2.88. The lowest BCUT2D eigenvalue weighted by Crippen LogP contribution is -2.48. The van der Waals surface area contributed by atoms with Crippen LogP contribution >= 0.6 is 24.0 Å². The lowest BCUT2D eigenvalue weighted by atomic mass is 10.1. The molecule has 0 saturated heterocycles. The Kier molecular flexibility index (Phi) is 5.78. The summed E-state index contributed by atoms with van der Waals surface area (Å²) in [6.07, 6.45) is 0. The molecule has 2 aromatic rings. The molecule has 0 aliphatic carbocycles. The molecule has 1 aromatic heterocycles. The zero-order valence-electron chi connectivity index (χ0n) is 11.8. The van der Waals surface area contributed by atoms with Gasteiger partial charge in [-0.25, -0.2) is 0 Å². The number of carbonyl (C=O) groups excluding carboxylic acids is 1. The molecule has 4 N–H and O–H groups in total. The molecule has 114 valence electrons. The number of benzene rings is 1. The molecule has 0 unspecified atom stereocenters. The highest BCUT2D eigenvalue weighted by Crippen LogP contribution is 2.26. The molecule has 7 heteroatoms. The Morgan fingerprint density at radius 3 is 2.71 bits per heavy atom. The maximum Gasteiger partial charge on any atom is 0.269 e. The van der Waals surface area contributed by atoms with Gasteiger partial charge in [0.2, 0.25) is 0 Å². The van der Waals surface area contributed by atoms with Crippen LogP contribution in [0.1, 0.15) is 24.3 Å². The Morgan fingerprint density at radius 2 is 2.10 bits per heavy atom. The number of aromatic amines is 1. The number of amides is 1. The van der Waals surface area contributed by atoms with E-state index in [0.29, 0.717) is 23.0 Å². The molecule has 0 aliphatic rings. The lowest BCUT2D eigenvalue weighted by molar-refractivity contribution is 0.0910. The fraction of sp³-hybridized carbons (Fsp3) is 0.286. The number of halogens is 2. The van der Waals surface area contributed by atoms with Crippen molar-refractivity contribution in [1.82, 2.24) is 15.5 Å². The van der Waals surface area contributed by atoms with Crippen LogP contribution in [0.25, 0.3) is 11.3 Å². The minimum Gasteiger partial charge on any atom is -0.345 e. The van der Waals surface area contributed by atoms with Crippen molar-refractivity contribution >= 4 is 29.9 Å². The van der Waals surface area contributed by atoms with Gasteiger partial charge in [0.05, 0.1) is 10.7 Å². The zero-order valence-corrected chi connectivity index (χ0v) is 13.4. The maximum absolute atomic E-state index is 12.1. The van der Waals surface area contributed by atoms with Crippen molar-refractivity contribution in [3.8, 4) is 11.3 Å². The van der Waals surface area contributed by atoms with Gasteiger partial charge in [-0.05, 0) is 26.0 Å². The first kappa shape index (κ1) is 17.5. The van der Waals surface area contributed by atoms with Crippen LogP contribution in [-0.4, -0.2) is 28.2 Å².